The van der Waals surface area contributed by atoms with Gasteiger partial charge in [-0.1, -0.05) is 18.2 Å². The minimum absolute atomic E-state index is 0.548. The number of benzene rings is 1. The van der Waals surface area contributed by atoms with Gasteiger partial charge in [0.2, 0.25) is 0 Å². The normalized spacial score (nSPS) is 23.9. The van der Waals surface area contributed by atoms with Crippen molar-refractivity contribution in [3.8, 4) is 5.69 Å². The van der Waals surface area contributed by atoms with Gasteiger partial charge in [-0.15, -0.1) is 0 Å². The maximum absolute atomic E-state index is 4.46. The quantitative estimate of drug-likeness (QED) is 0.926. The van der Waals surface area contributed by atoms with Crippen molar-refractivity contribution in [3.05, 3.63) is 48.3 Å². The Morgan fingerprint density at radius 1 is 1.10 bits per heavy atom. The van der Waals surface area contributed by atoms with Gasteiger partial charge in [0.25, 0.3) is 0 Å². The first-order valence-electron chi connectivity index (χ1n) is 7.29. The maximum Gasteiger partial charge on any atom is 0.0649 e. The van der Waals surface area contributed by atoms with Crippen LogP contribution in [0, 0.1) is 0 Å². The Labute approximate surface area is 120 Å². The van der Waals surface area contributed by atoms with Crippen molar-refractivity contribution >= 4 is 0 Å². The zero-order chi connectivity index (χ0) is 13.9. The molecule has 20 heavy (non-hydrogen) atoms. The summed E-state index contributed by atoms with van der Waals surface area (Å²) >= 11 is 0. The molecule has 106 valence electrons. The van der Waals surface area contributed by atoms with Gasteiger partial charge in [0.15, 0.2) is 0 Å². The Morgan fingerprint density at radius 2 is 1.80 bits per heavy atom. The topological polar surface area (TPSA) is 33.1 Å². The lowest BCUT2D eigenvalue weighted by molar-refractivity contribution is 0.164. The van der Waals surface area contributed by atoms with E-state index in [1.165, 1.54) is 5.69 Å². The average molecular weight is 270 g/mol. The van der Waals surface area contributed by atoms with Crippen LogP contribution in [0.5, 0.6) is 0 Å². The molecule has 1 fully saturated rings. The number of nitrogens with zero attached hydrogens (tertiary/aromatic N) is 3. The smallest absolute Gasteiger partial charge is 0.0649 e. The van der Waals surface area contributed by atoms with E-state index < -0.39 is 0 Å². The molecule has 1 aliphatic heterocycles. The van der Waals surface area contributed by atoms with Crippen molar-refractivity contribution in [3.63, 3.8) is 0 Å². The largest absolute Gasteiger partial charge is 0.309 e. The number of rotatable bonds is 3. The van der Waals surface area contributed by atoms with Crippen LogP contribution in [0.4, 0.5) is 0 Å². The fourth-order valence-corrected chi connectivity index (χ4v) is 3.05. The molecule has 4 heteroatoms. The van der Waals surface area contributed by atoms with Gasteiger partial charge >= 0.3 is 0 Å². The molecule has 2 unspecified atom stereocenters. The van der Waals surface area contributed by atoms with E-state index in [1.54, 1.807) is 0 Å². The molecule has 0 radical (unpaired) electrons. The lowest BCUT2D eigenvalue weighted by Gasteiger charge is -2.36. The molecule has 0 bridgehead atoms. The number of hydrogen-bond donors (Lipinski definition) is 1. The van der Waals surface area contributed by atoms with Gasteiger partial charge in [-0.05, 0) is 32.0 Å². The number of aromatic nitrogens is 2. The van der Waals surface area contributed by atoms with Crippen LogP contribution in [-0.2, 0) is 6.54 Å². The number of nitrogens with one attached hydrogen (secondary N) is 1. The van der Waals surface area contributed by atoms with E-state index >= 15 is 0 Å². The first-order chi connectivity index (χ1) is 9.72. The third-order valence-corrected chi connectivity index (χ3v) is 3.74. The van der Waals surface area contributed by atoms with E-state index in [2.05, 4.69) is 59.5 Å². The molecule has 1 aromatic carbocycles. The standard InChI is InChI=1S/C16H22N4/c1-13-10-19(11-14(2)18-13)12-16-8-9-17-20(16)15-6-4-3-5-7-15/h3-9,13-14,18H,10-12H2,1-2H3. The van der Waals surface area contributed by atoms with Crippen molar-refractivity contribution in [1.82, 2.24) is 20.0 Å². The van der Waals surface area contributed by atoms with Crippen molar-refractivity contribution in [1.29, 1.82) is 0 Å². The SMILES string of the molecule is CC1CN(Cc2ccnn2-c2ccccc2)CC(C)N1. The highest BCUT2D eigenvalue weighted by Crippen LogP contribution is 2.14. The van der Waals surface area contributed by atoms with Gasteiger partial charge in [0.1, 0.15) is 0 Å². The molecule has 0 saturated carbocycles. The summed E-state index contributed by atoms with van der Waals surface area (Å²) < 4.78 is 2.04. The van der Waals surface area contributed by atoms with Crippen molar-refractivity contribution < 1.29 is 0 Å². The van der Waals surface area contributed by atoms with E-state index in [4.69, 9.17) is 0 Å². The molecular formula is C16H22N4. The maximum atomic E-state index is 4.46. The van der Waals surface area contributed by atoms with Gasteiger partial charge in [-0.25, -0.2) is 4.68 Å². The summed E-state index contributed by atoms with van der Waals surface area (Å²) in [5.74, 6) is 0. The van der Waals surface area contributed by atoms with Crippen molar-refractivity contribution in [2.45, 2.75) is 32.5 Å². The highest BCUT2D eigenvalue weighted by molar-refractivity contribution is 5.32. The summed E-state index contributed by atoms with van der Waals surface area (Å²) in [4.78, 5) is 2.50. The monoisotopic (exact) mass is 270 g/mol. The number of piperazine rings is 1. The van der Waals surface area contributed by atoms with E-state index in [0.29, 0.717) is 12.1 Å². The molecule has 2 atom stereocenters. The van der Waals surface area contributed by atoms with Crippen LogP contribution in [0.1, 0.15) is 19.5 Å². The van der Waals surface area contributed by atoms with Crippen molar-refractivity contribution in [2.24, 2.45) is 0 Å². The fraction of sp³-hybridized carbons (Fsp3) is 0.438. The van der Waals surface area contributed by atoms with E-state index in [0.717, 1.165) is 25.3 Å². The molecular weight excluding hydrogens is 248 g/mol. The van der Waals surface area contributed by atoms with E-state index in [1.807, 2.05) is 16.9 Å². The average Bonchev–Trinajstić information content (AvgIpc) is 2.86. The zero-order valence-corrected chi connectivity index (χ0v) is 12.2. The molecule has 1 aromatic heterocycles. The van der Waals surface area contributed by atoms with Crippen molar-refractivity contribution in [2.75, 3.05) is 13.1 Å². The fourth-order valence-electron chi connectivity index (χ4n) is 3.05. The Bertz CT molecular complexity index is 539. The second-order valence-corrected chi connectivity index (χ2v) is 5.73. The van der Waals surface area contributed by atoms with Gasteiger partial charge in [-0.3, -0.25) is 4.90 Å². The van der Waals surface area contributed by atoms with Gasteiger partial charge in [0.05, 0.1) is 11.4 Å². The Morgan fingerprint density at radius 3 is 2.50 bits per heavy atom. The van der Waals surface area contributed by atoms with Gasteiger partial charge < -0.3 is 5.32 Å². The molecule has 2 heterocycles. The molecule has 1 saturated heterocycles. The minimum atomic E-state index is 0.548. The van der Waals surface area contributed by atoms with Crippen LogP contribution >= 0.6 is 0 Å². The van der Waals surface area contributed by atoms with Gasteiger partial charge in [0, 0.05) is 37.9 Å². The summed E-state index contributed by atoms with van der Waals surface area (Å²) in [7, 11) is 0. The molecule has 0 aliphatic carbocycles. The molecule has 4 nitrogen and oxygen atoms in total. The third kappa shape index (κ3) is 2.92. The van der Waals surface area contributed by atoms with Crippen LogP contribution in [0.2, 0.25) is 0 Å². The summed E-state index contributed by atoms with van der Waals surface area (Å²) in [6.07, 6.45) is 1.89. The highest BCUT2D eigenvalue weighted by atomic mass is 15.3. The molecule has 2 aromatic rings. The van der Waals surface area contributed by atoms with Gasteiger partial charge in [-0.2, -0.15) is 5.10 Å². The van der Waals surface area contributed by atoms with Crippen LogP contribution < -0.4 is 5.32 Å². The first-order valence-corrected chi connectivity index (χ1v) is 7.29. The van der Waals surface area contributed by atoms with E-state index in [9.17, 15) is 0 Å². The summed E-state index contributed by atoms with van der Waals surface area (Å²) in [5, 5.41) is 8.04. The van der Waals surface area contributed by atoms with Crippen LogP contribution in [0.25, 0.3) is 5.69 Å². The predicted octanol–water partition coefficient (Wildman–Crippen LogP) is 2.05. The summed E-state index contributed by atoms with van der Waals surface area (Å²) in [6, 6.07) is 13.5. The Balaban J connectivity index is 1.77. The first kappa shape index (κ1) is 13.3. The Hall–Kier alpha value is -1.65. The second kappa shape index (κ2) is 5.77. The lowest BCUT2D eigenvalue weighted by Crippen LogP contribution is -2.53. The molecule has 0 spiro atoms. The molecule has 1 aliphatic rings. The Kier molecular flexibility index (Phi) is 3.85. The predicted molar refractivity (Wildman–Crippen MR) is 80.9 cm³/mol. The third-order valence-electron chi connectivity index (χ3n) is 3.74. The summed E-state index contributed by atoms with van der Waals surface area (Å²) in [5.41, 5.74) is 2.38. The number of hydrogen-bond acceptors (Lipinski definition) is 3. The molecule has 3 rings (SSSR count). The summed E-state index contributed by atoms with van der Waals surface area (Å²) in [6.45, 7) is 7.62. The lowest BCUT2D eigenvalue weighted by atomic mass is 10.1. The van der Waals surface area contributed by atoms with Crippen LogP contribution in [0.15, 0.2) is 42.6 Å². The number of para-hydroxylation sites is 1. The zero-order valence-electron chi connectivity index (χ0n) is 12.2. The minimum Gasteiger partial charge on any atom is -0.309 e. The van der Waals surface area contributed by atoms with E-state index in [-0.39, 0.29) is 0 Å². The molecule has 0 amide bonds. The van der Waals surface area contributed by atoms with Crippen LogP contribution in [0.3, 0.4) is 0 Å². The highest BCUT2D eigenvalue weighted by Gasteiger charge is 2.21. The second-order valence-electron chi connectivity index (χ2n) is 5.73. The van der Waals surface area contributed by atoms with Crippen LogP contribution in [-0.4, -0.2) is 39.9 Å². The molecule has 1 N–H and O–H groups in total.